The van der Waals surface area contributed by atoms with Gasteiger partial charge in [0.1, 0.15) is 5.52 Å². The van der Waals surface area contributed by atoms with Crippen LogP contribution in [0.2, 0.25) is 0 Å². The van der Waals surface area contributed by atoms with E-state index in [-0.39, 0.29) is 10.6 Å². The second-order valence-corrected chi connectivity index (χ2v) is 4.02. The van der Waals surface area contributed by atoms with Crippen LogP contribution in [0.5, 0.6) is 0 Å². The molecule has 0 saturated heterocycles. The highest BCUT2D eigenvalue weighted by Gasteiger charge is 2.15. The molecule has 2 aromatic carbocycles. The molecule has 0 bridgehead atoms. The first-order valence-corrected chi connectivity index (χ1v) is 5.57. The lowest BCUT2D eigenvalue weighted by Gasteiger charge is -2.03. The Bertz CT molecular complexity index is 717. The van der Waals surface area contributed by atoms with Crippen LogP contribution in [-0.2, 0) is 0 Å². The van der Waals surface area contributed by atoms with Crippen molar-refractivity contribution in [3.8, 4) is 11.1 Å². The van der Waals surface area contributed by atoms with Crippen LogP contribution in [0.4, 0.5) is 5.69 Å². The average molecular weight is 238 g/mol. The number of non-ortho nitro benzene ring substituents is 1. The summed E-state index contributed by atoms with van der Waals surface area (Å²) in [6.45, 7) is 0. The van der Waals surface area contributed by atoms with Crippen molar-refractivity contribution in [1.82, 2.24) is 4.98 Å². The number of hydrogen-bond acceptors (Lipinski definition) is 2. The van der Waals surface area contributed by atoms with Crippen LogP contribution in [-0.4, -0.2) is 9.91 Å². The zero-order valence-corrected chi connectivity index (χ0v) is 9.46. The summed E-state index contributed by atoms with van der Waals surface area (Å²) in [5, 5.41) is 11.8. The molecule has 18 heavy (non-hydrogen) atoms. The van der Waals surface area contributed by atoms with E-state index in [2.05, 4.69) is 4.98 Å². The molecule has 3 aromatic rings. The minimum absolute atomic E-state index is 0.106. The minimum Gasteiger partial charge on any atom is -0.356 e. The molecule has 0 radical (unpaired) electrons. The monoisotopic (exact) mass is 238 g/mol. The molecule has 88 valence electrons. The fraction of sp³-hybridized carbons (Fsp3) is 0. The topological polar surface area (TPSA) is 58.9 Å². The predicted octanol–water partition coefficient (Wildman–Crippen LogP) is 3.74. The average Bonchev–Trinajstić information content (AvgIpc) is 2.87. The summed E-state index contributed by atoms with van der Waals surface area (Å²) < 4.78 is 0. The van der Waals surface area contributed by atoms with E-state index in [0.717, 1.165) is 16.5 Å². The normalized spacial score (nSPS) is 10.7. The van der Waals surface area contributed by atoms with Crippen LogP contribution in [0, 0.1) is 10.1 Å². The van der Waals surface area contributed by atoms with Gasteiger partial charge in [0.2, 0.25) is 0 Å². The van der Waals surface area contributed by atoms with E-state index in [1.807, 2.05) is 36.4 Å². The quantitative estimate of drug-likeness (QED) is 0.546. The second-order valence-electron chi connectivity index (χ2n) is 4.02. The first-order chi connectivity index (χ1) is 8.77. The van der Waals surface area contributed by atoms with Gasteiger partial charge in [0.25, 0.3) is 5.69 Å². The SMILES string of the molecule is O=[N+]([O-])c1ccc(-c2ccccc2)c2cc[nH]c12. The van der Waals surface area contributed by atoms with E-state index in [1.54, 1.807) is 18.3 Å². The summed E-state index contributed by atoms with van der Waals surface area (Å²) in [7, 11) is 0. The van der Waals surface area contributed by atoms with Gasteiger partial charge in [-0.05, 0) is 23.3 Å². The van der Waals surface area contributed by atoms with Crippen molar-refractivity contribution >= 4 is 16.6 Å². The van der Waals surface area contributed by atoms with Gasteiger partial charge in [-0.1, -0.05) is 30.3 Å². The van der Waals surface area contributed by atoms with Crippen LogP contribution < -0.4 is 0 Å². The Morgan fingerprint density at radius 2 is 1.78 bits per heavy atom. The van der Waals surface area contributed by atoms with Crippen molar-refractivity contribution in [1.29, 1.82) is 0 Å². The molecule has 0 aliphatic heterocycles. The number of benzene rings is 2. The van der Waals surface area contributed by atoms with Crippen molar-refractivity contribution in [3.63, 3.8) is 0 Å². The third-order valence-electron chi connectivity index (χ3n) is 2.98. The predicted molar refractivity (Wildman–Crippen MR) is 70.4 cm³/mol. The van der Waals surface area contributed by atoms with E-state index in [9.17, 15) is 10.1 Å². The van der Waals surface area contributed by atoms with Gasteiger partial charge in [0, 0.05) is 17.6 Å². The Balaban J connectivity index is 2.30. The standard InChI is InChI=1S/C14H10N2O2/c17-16(18)13-7-6-11(10-4-2-1-3-5-10)12-8-9-15-14(12)13/h1-9,15H. The highest BCUT2D eigenvalue weighted by atomic mass is 16.6. The van der Waals surface area contributed by atoms with Gasteiger partial charge in [-0.2, -0.15) is 0 Å². The molecule has 0 aliphatic rings. The maximum Gasteiger partial charge on any atom is 0.293 e. The fourth-order valence-electron chi connectivity index (χ4n) is 2.16. The van der Waals surface area contributed by atoms with Gasteiger partial charge < -0.3 is 4.98 Å². The van der Waals surface area contributed by atoms with E-state index < -0.39 is 0 Å². The van der Waals surface area contributed by atoms with Gasteiger partial charge in [-0.25, -0.2) is 0 Å². The lowest BCUT2D eigenvalue weighted by molar-refractivity contribution is -0.383. The molecule has 1 heterocycles. The number of nitro groups is 1. The third kappa shape index (κ3) is 1.55. The number of fused-ring (bicyclic) bond motifs is 1. The van der Waals surface area contributed by atoms with E-state index in [1.165, 1.54) is 0 Å². The summed E-state index contributed by atoms with van der Waals surface area (Å²) in [6, 6.07) is 15.0. The minimum atomic E-state index is -0.367. The number of nitro benzene ring substituents is 1. The molecule has 0 fully saturated rings. The van der Waals surface area contributed by atoms with Crippen molar-refractivity contribution in [2.75, 3.05) is 0 Å². The molecule has 0 atom stereocenters. The molecule has 1 N–H and O–H groups in total. The second kappa shape index (κ2) is 4.00. The van der Waals surface area contributed by atoms with Gasteiger partial charge in [0.15, 0.2) is 0 Å². The number of hydrogen-bond donors (Lipinski definition) is 1. The van der Waals surface area contributed by atoms with Crippen molar-refractivity contribution in [2.24, 2.45) is 0 Å². The molecule has 4 nitrogen and oxygen atoms in total. The van der Waals surface area contributed by atoms with Crippen LogP contribution in [0.15, 0.2) is 54.7 Å². The van der Waals surface area contributed by atoms with Crippen LogP contribution in [0.3, 0.4) is 0 Å². The number of H-pyrrole nitrogens is 1. The van der Waals surface area contributed by atoms with Crippen molar-refractivity contribution in [3.05, 3.63) is 64.8 Å². The van der Waals surface area contributed by atoms with Crippen LogP contribution in [0.1, 0.15) is 0 Å². The van der Waals surface area contributed by atoms with Crippen LogP contribution >= 0.6 is 0 Å². The number of aromatic amines is 1. The van der Waals surface area contributed by atoms with Crippen molar-refractivity contribution < 1.29 is 4.92 Å². The van der Waals surface area contributed by atoms with E-state index in [4.69, 9.17) is 0 Å². The molecule has 0 amide bonds. The first kappa shape index (κ1) is 10.5. The van der Waals surface area contributed by atoms with E-state index in [0.29, 0.717) is 5.52 Å². The number of nitrogens with zero attached hydrogens (tertiary/aromatic N) is 1. The summed E-state index contributed by atoms with van der Waals surface area (Å²) >= 11 is 0. The summed E-state index contributed by atoms with van der Waals surface area (Å²) in [5.41, 5.74) is 2.73. The number of aromatic nitrogens is 1. The Labute approximate surface area is 103 Å². The molecule has 0 spiro atoms. The summed E-state index contributed by atoms with van der Waals surface area (Å²) in [4.78, 5) is 13.5. The molecular weight excluding hydrogens is 228 g/mol. The fourth-order valence-corrected chi connectivity index (χ4v) is 2.16. The summed E-state index contributed by atoms with van der Waals surface area (Å²) in [6.07, 6.45) is 1.73. The maximum atomic E-state index is 10.9. The lowest BCUT2D eigenvalue weighted by atomic mass is 10.0. The third-order valence-corrected chi connectivity index (χ3v) is 2.98. The number of rotatable bonds is 2. The molecule has 3 rings (SSSR count). The Morgan fingerprint density at radius 3 is 2.50 bits per heavy atom. The molecule has 0 unspecified atom stereocenters. The highest BCUT2D eigenvalue weighted by Crippen LogP contribution is 2.33. The molecule has 0 aliphatic carbocycles. The van der Waals surface area contributed by atoms with Gasteiger partial charge in [-0.3, -0.25) is 10.1 Å². The van der Waals surface area contributed by atoms with Gasteiger partial charge in [-0.15, -0.1) is 0 Å². The van der Waals surface area contributed by atoms with Crippen LogP contribution in [0.25, 0.3) is 22.0 Å². The number of nitrogens with one attached hydrogen (secondary N) is 1. The summed E-state index contributed by atoms with van der Waals surface area (Å²) in [5.74, 6) is 0. The molecule has 4 heteroatoms. The molecular formula is C14H10N2O2. The maximum absolute atomic E-state index is 10.9. The van der Waals surface area contributed by atoms with E-state index >= 15 is 0 Å². The zero-order valence-electron chi connectivity index (χ0n) is 9.46. The lowest BCUT2D eigenvalue weighted by Crippen LogP contribution is -1.90. The van der Waals surface area contributed by atoms with Gasteiger partial charge in [0.05, 0.1) is 4.92 Å². The first-order valence-electron chi connectivity index (χ1n) is 5.57. The highest BCUT2D eigenvalue weighted by molar-refractivity contribution is 5.99. The Kier molecular flexibility index (Phi) is 2.34. The molecule has 0 saturated carbocycles. The largest absolute Gasteiger partial charge is 0.356 e. The van der Waals surface area contributed by atoms with Gasteiger partial charge >= 0.3 is 0 Å². The smallest absolute Gasteiger partial charge is 0.293 e. The Morgan fingerprint density at radius 1 is 1.00 bits per heavy atom. The van der Waals surface area contributed by atoms with Crippen molar-refractivity contribution in [2.45, 2.75) is 0 Å². The zero-order chi connectivity index (χ0) is 12.5. The molecule has 1 aromatic heterocycles. The Hall–Kier alpha value is -2.62.